The third-order valence-electron chi connectivity index (χ3n) is 3.22. The van der Waals surface area contributed by atoms with Gasteiger partial charge >= 0.3 is 5.97 Å². The summed E-state index contributed by atoms with van der Waals surface area (Å²) in [6, 6.07) is 0. The predicted octanol–water partition coefficient (Wildman–Crippen LogP) is 0.458. The SMILES string of the molecule is COC(=O)CCN(C)S(=O)(=O)N1CCC(C)(C)C1. The molecule has 1 fully saturated rings. The van der Waals surface area contributed by atoms with E-state index in [1.165, 1.54) is 22.8 Å². The van der Waals surface area contributed by atoms with Crippen molar-refractivity contribution < 1.29 is 17.9 Å². The third kappa shape index (κ3) is 3.66. The molecule has 1 aliphatic rings. The van der Waals surface area contributed by atoms with Crippen molar-refractivity contribution in [3.05, 3.63) is 0 Å². The van der Waals surface area contributed by atoms with Crippen molar-refractivity contribution in [2.45, 2.75) is 26.7 Å². The van der Waals surface area contributed by atoms with Gasteiger partial charge in [-0.2, -0.15) is 17.0 Å². The fraction of sp³-hybridized carbons (Fsp3) is 0.909. The summed E-state index contributed by atoms with van der Waals surface area (Å²) >= 11 is 0. The number of ether oxygens (including phenoxy) is 1. The number of hydrogen-bond donors (Lipinski definition) is 0. The summed E-state index contributed by atoms with van der Waals surface area (Å²) in [7, 11) is -0.674. The largest absolute Gasteiger partial charge is 0.469 e. The Morgan fingerprint density at radius 3 is 2.50 bits per heavy atom. The Morgan fingerprint density at radius 2 is 2.06 bits per heavy atom. The maximum Gasteiger partial charge on any atom is 0.306 e. The number of rotatable bonds is 5. The van der Waals surface area contributed by atoms with Gasteiger partial charge < -0.3 is 4.74 Å². The maximum atomic E-state index is 12.2. The average molecular weight is 278 g/mol. The van der Waals surface area contributed by atoms with Crippen LogP contribution in [0.4, 0.5) is 0 Å². The van der Waals surface area contributed by atoms with Crippen LogP contribution in [0, 0.1) is 5.41 Å². The standard InChI is InChI=1S/C11H22N2O4S/c1-11(2)6-8-13(9-11)18(15,16)12(3)7-5-10(14)17-4/h5-9H2,1-4H3. The van der Waals surface area contributed by atoms with Crippen LogP contribution in [0.5, 0.6) is 0 Å². The second kappa shape index (κ2) is 5.54. The first-order valence-electron chi connectivity index (χ1n) is 5.97. The van der Waals surface area contributed by atoms with E-state index in [2.05, 4.69) is 18.6 Å². The molecule has 0 spiro atoms. The number of carbonyl (C=O) groups is 1. The molecule has 7 heteroatoms. The lowest BCUT2D eigenvalue weighted by Crippen LogP contribution is -2.42. The zero-order valence-electron chi connectivity index (χ0n) is 11.5. The Balaban J connectivity index is 2.61. The Hall–Kier alpha value is -0.660. The van der Waals surface area contributed by atoms with Gasteiger partial charge in [-0.1, -0.05) is 13.8 Å². The fourth-order valence-corrected chi connectivity index (χ4v) is 3.47. The van der Waals surface area contributed by atoms with Gasteiger partial charge in [-0.05, 0) is 11.8 Å². The van der Waals surface area contributed by atoms with E-state index in [0.717, 1.165) is 6.42 Å². The van der Waals surface area contributed by atoms with E-state index in [1.807, 2.05) is 0 Å². The first-order chi connectivity index (χ1) is 8.19. The summed E-state index contributed by atoms with van der Waals surface area (Å²) < 4.78 is 31.6. The Bertz CT molecular complexity index is 405. The molecule has 106 valence electrons. The molecule has 1 saturated heterocycles. The smallest absolute Gasteiger partial charge is 0.306 e. The summed E-state index contributed by atoms with van der Waals surface area (Å²) in [5, 5.41) is 0. The molecule has 0 amide bonds. The highest BCUT2D eigenvalue weighted by Crippen LogP contribution is 2.31. The van der Waals surface area contributed by atoms with Crippen LogP contribution in [0.15, 0.2) is 0 Å². The maximum absolute atomic E-state index is 12.2. The van der Waals surface area contributed by atoms with E-state index in [4.69, 9.17) is 0 Å². The molecule has 0 N–H and O–H groups in total. The van der Waals surface area contributed by atoms with E-state index in [9.17, 15) is 13.2 Å². The van der Waals surface area contributed by atoms with Crippen molar-refractivity contribution in [2.24, 2.45) is 5.41 Å². The zero-order chi connectivity index (χ0) is 14.0. The minimum absolute atomic E-state index is 0.0241. The van der Waals surface area contributed by atoms with Crippen LogP contribution in [-0.4, -0.2) is 56.8 Å². The molecule has 18 heavy (non-hydrogen) atoms. The molecule has 0 radical (unpaired) electrons. The van der Waals surface area contributed by atoms with E-state index in [1.54, 1.807) is 0 Å². The second-order valence-electron chi connectivity index (χ2n) is 5.40. The topological polar surface area (TPSA) is 66.9 Å². The summed E-state index contributed by atoms with van der Waals surface area (Å²) in [6.45, 7) is 5.32. The first kappa shape index (κ1) is 15.4. The van der Waals surface area contributed by atoms with Crippen LogP contribution in [-0.2, 0) is 19.7 Å². The molecule has 0 aromatic rings. The molecule has 0 unspecified atom stereocenters. The quantitative estimate of drug-likeness (QED) is 0.685. The van der Waals surface area contributed by atoms with Crippen molar-refractivity contribution in [3.63, 3.8) is 0 Å². The van der Waals surface area contributed by atoms with Gasteiger partial charge in [-0.15, -0.1) is 0 Å². The highest BCUT2D eigenvalue weighted by atomic mass is 32.2. The van der Waals surface area contributed by atoms with E-state index in [-0.39, 0.29) is 18.4 Å². The van der Waals surface area contributed by atoms with Gasteiger partial charge in [0.1, 0.15) is 0 Å². The summed E-state index contributed by atoms with van der Waals surface area (Å²) in [5.74, 6) is -0.404. The molecule has 6 nitrogen and oxygen atoms in total. The summed E-state index contributed by atoms with van der Waals surface area (Å²) in [5.41, 5.74) is 0.0241. The van der Waals surface area contributed by atoms with Crippen LogP contribution in [0.25, 0.3) is 0 Å². The summed E-state index contributed by atoms with van der Waals surface area (Å²) in [6.07, 6.45) is 0.931. The Morgan fingerprint density at radius 1 is 1.44 bits per heavy atom. The van der Waals surface area contributed by atoms with Crippen LogP contribution >= 0.6 is 0 Å². The van der Waals surface area contributed by atoms with Crippen LogP contribution in [0.3, 0.4) is 0 Å². The van der Waals surface area contributed by atoms with Crippen molar-refractivity contribution in [2.75, 3.05) is 33.8 Å². The molecule has 0 saturated carbocycles. The highest BCUT2D eigenvalue weighted by Gasteiger charge is 2.37. The number of esters is 1. The fourth-order valence-electron chi connectivity index (χ4n) is 1.92. The predicted molar refractivity (Wildman–Crippen MR) is 68.2 cm³/mol. The normalized spacial score (nSPS) is 20.3. The van der Waals surface area contributed by atoms with E-state index < -0.39 is 16.2 Å². The van der Waals surface area contributed by atoms with Gasteiger partial charge in [0.2, 0.25) is 0 Å². The number of hydrogen-bond acceptors (Lipinski definition) is 4. The number of carbonyl (C=O) groups excluding carboxylic acids is 1. The van der Waals surface area contributed by atoms with E-state index >= 15 is 0 Å². The lowest BCUT2D eigenvalue weighted by molar-refractivity contribution is -0.140. The molecular formula is C11H22N2O4S. The van der Waals surface area contributed by atoms with Gasteiger partial charge in [-0.25, -0.2) is 0 Å². The van der Waals surface area contributed by atoms with Crippen LogP contribution in [0.2, 0.25) is 0 Å². The van der Waals surface area contributed by atoms with E-state index in [0.29, 0.717) is 13.1 Å². The average Bonchev–Trinajstić information content (AvgIpc) is 2.66. The zero-order valence-corrected chi connectivity index (χ0v) is 12.3. The number of nitrogens with zero attached hydrogens (tertiary/aromatic N) is 2. The highest BCUT2D eigenvalue weighted by molar-refractivity contribution is 7.86. The molecule has 0 atom stereocenters. The molecule has 1 aliphatic heterocycles. The lowest BCUT2D eigenvalue weighted by Gasteiger charge is -2.25. The van der Waals surface area contributed by atoms with Gasteiger partial charge in [0.05, 0.1) is 13.5 Å². The molecule has 0 aromatic carbocycles. The molecular weight excluding hydrogens is 256 g/mol. The van der Waals surface area contributed by atoms with Crippen LogP contribution < -0.4 is 0 Å². The molecule has 0 bridgehead atoms. The minimum atomic E-state index is -3.45. The molecule has 0 aromatic heterocycles. The van der Waals surface area contributed by atoms with Gasteiger partial charge in [-0.3, -0.25) is 4.79 Å². The third-order valence-corrected chi connectivity index (χ3v) is 5.16. The Labute approximate surface area is 109 Å². The molecule has 1 heterocycles. The van der Waals surface area contributed by atoms with Crippen molar-refractivity contribution in [3.8, 4) is 0 Å². The Kier molecular flexibility index (Phi) is 4.74. The van der Waals surface area contributed by atoms with Gasteiger partial charge in [0.15, 0.2) is 0 Å². The second-order valence-corrected chi connectivity index (χ2v) is 7.44. The van der Waals surface area contributed by atoms with Gasteiger partial charge in [0, 0.05) is 26.7 Å². The van der Waals surface area contributed by atoms with Crippen molar-refractivity contribution in [1.29, 1.82) is 0 Å². The molecule has 0 aliphatic carbocycles. The van der Waals surface area contributed by atoms with Crippen molar-refractivity contribution >= 4 is 16.2 Å². The monoisotopic (exact) mass is 278 g/mol. The first-order valence-corrected chi connectivity index (χ1v) is 7.37. The van der Waals surface area contributed by atoms with Crippen LogP contribution in [0.1, 0.15) is 26.7 Å². The lowest BCUT2D eigenvalue weighted by atomic mass is 9.93. The number of methoxy groups -OCH3 is 1. The van der Waals surface area contributed by atoms with Crippen molar-refractivity contribution in [1.82, 2.24) is 8.61 Å². The minimum Gasteiger partial charge on any atom is -0.469 e. The summed E-state index contributed by atoms with van der Waals surface area (Å²) in [4.78, 5) is 11.0. The molecule has 1 rings (SSSR count). The van der Waals surface area contributed by atoms with Gasteiger partial charge in [0.25, 0.3) is 10.2 Å².